The maximum Gasteiger partial charge on any atom is 0.145 e. The van der Waals surface area contributed by atoms with Crippen molar-refractivity contribution < 1.29 is 9.53 Å². The minimum atomic E-state index is 0.0782. The lowest BCUT2D eigenvalue weighted by molar-refractivity contribution is -0.105. The second kappa shape index (κ2) is 2.64. The van der Waals surface area contributed by atoms with Crippen LogP contribution in [0, 0.1) is 5.92 Å². The van der Waals surface area contributed by atoms with Crippen molar-refractivity contribution in [3.05, 3.63) is 11.6 Å². The highest BCUT2D eigenvalue weighted by atomic mass is 32.1. The summed E-state index contributed by atoms with van der Waals surface area (Å²) in [7, 11) is 0. The predicted octanol–water partition coefficient (Wildman–Crippen LogP) is 1.18. The molecule has 1 fully saturated rings. The third-order valence-corrected chi connectivity index (χ3v) is 2.63. The summed E-state index contributed by atoms with van der Waals surface area (Å²) in [5, 5.41) is 0. The summed E-state index contributed by atoms with van der Waals surface area (Å²) in [5.74, 6) is 0.442. The van der Waals surface area contributed by atoms with E-state index in [0.29, 0.717) is 5.92 Å². The van der Waals surface area contributed by atoms with Crippen molar-refractivity contribution >= 4 is 18.9 Å². The zero-order chi connectivity index (χ0) is 7.84. The third kappa shape index (κ3) is 1.23. The fourth-order valence-corrected chi connectivity index (χ4v) is 2.18. The first-order valence-electron chi connectivity index (χ1n) is 3.79. The number of carbonyl (C=O) groups excluding carboxylic acids is 1. The molecule has 1 aliphatic heterocycles. The van der Waals surface area contributed by atoms with Crippen LogP contribution in [-0.2, 0) is 9.53 Å². The highest BCUT2D eigenvalue weighted by Crippen LogP contribution is 2.37. The van der Waals surface area contributed by atoms with Crippen LogP contribution in [-0.4, -0.2) is 17.8 Å². The minimum Gasteiger partial charge on any atom is -0.364 e. The maximum absolute atomic E-state index is 10.4. The van der Waals surface area contributed by atoms with E-state index in [4.69, 9.17) is 4.74 Å². The lowest BCUT2D eigenvalue weighted by Gasteiger charge is -2.06. The van der Waals surface area contributed by atoms with E-state index in [1.165, 1.54) is 0 Å². The molecule has 0 N–H and O–H groups in total. The van der Waals surface area contributed by atoms with E-state index in [1.807, 2.05) is 6.08 Å². The van der Waals surface area contributed by atoms with E-state index in [2.05, 4.69) is 12.6 Å². The van der Waals surface area contributed by atoms with Crippen LogP contribution in [0.5, 0.6) is 0 Å². The fourth-order valence-electron chi connectivity index (χ4n) is 1.78. The molecule has 60 valence electrons. The van der Waals surface area contributed by atoms with Gasteiger partial charge in [-0.3, -0.25) is 4.79 Å². The van der Waals surface area contributed by atoms with E-state index >= 15 is 0 Å². The number of thiol groups is 1. The Morgan fingerprint density at radius 1 is 1.73 bits per heavy atom. The first-order chi connectivity index (χ1) is 5.29. The Hall–Kier alpha value is -0.280. The normalized spacial score (nSPS) is 41.9. The maximum atomic E-state index is 10.4. The largest absolute Gasteiger partial charge is 0.364 e. The van der Waals surface area contributed by atoms with Crippen LogP contribution in [0.1, 0.15) is 12.8 Å². The molecular weight excluding hydrogens is 160 g/mol. The molecule has 0 amide bonds. The van der Waals surface area contributed by atoms with Crippen LogP contribution in [0.4, 0.5) is 0 Å². The Labute approximate surface area is 71.0 Å². The zero-order valence-corrected chi connectivity index (χ0v) is 6.96. The topological polar surface area (TPSA) is 26.3 Å². The van der Waals surface area contributed by atoms with Gasteiger partial charge in [-0.1, -0.05) is 6.08 Å². The molecule has 11 heavy (non-hydrogen) atoms. The monoisotopic (exact) mass is 170 g/mol. The number of carbonyl (C=O) groups is 1. The molecule has 0 saturated carbocycles. The van der Waals surface area contributed by atoms with Crippen LogP contribution in [0.25, 0.3) is 0 Å². The van der Waals surface area contributed by atoms with Crippen LogP contribution < -0.4 is 0 Å². The third-order valence-electron chi connectivity index (χ3n) is 2.30. The van der Waals surface area contributed by atoms with Gasteiger partial charge in [0.25, 0.3) is 0 Å². The molecule has 2 rings (SSSR count). The van der Waals surface area contributed by atoms with Gasteiger partial charge in [0.2, 0.25) is 0 Å². The first-order valence-corrected chi connectivity index (χ1v) is 4.30. The molecular formula is C8H10O2S. The van der Waals surface area contributed by atoms with Crippen LogP contribution in [0.15, 0.2) is 11.6 Å². The number of hydrogen-bond donors (Lipinski definition) is 1. The van der Waals surface area contributed by atoms with Gasteiger partial charge in [0.1, 0.15) is 11.7 Å². The van der Waals surface area contributed by atoms with Crippen molar-refractivity contribution in [1.29, 1.82) is 0 Å². The summed E-state index contributed by atoms with van der Waals surface area (Å²) in [6.45, 7) is 0. The van der Waals surface area contributed by atoms with Crippen molar-refractivity contribution in [3.63, 3.8) is 0 Å². The number of fused-ring (bicyclic) bond motifs is 1. The van der Waals surface area contributed by atoms with Gasteiger partial charge >= 0.3 is 0 Å². The molecule has 3 unspecified atom stereocenters. The molecule has 3 heteroatoms. The molecule has 1 aliphatic carbocycles. The Morgan fingerprint density at radius 2 is 2.55 bits per heavy atom. The molecule has 0 bridgehead atoms. The van der Waals surface area contributed by atoms with Gasteiger partial charge in [0, 0.05) is 12.3 Å². The summed E-state index contributed by atoms with van der Waals surface area (Å²) >= 11 is 4.22. The van der Waals surface area contributed by atoms with E-state index in [0.717, 1.165) is 24.7 Å². The molecule has 0 aromatic rings. The van der Waals surface area contributed by atoms with Gasteiger partial charge in [-0.15, -0.1) is 12.6 Å². The van der Waals surface area contributed by atoms with Gasteiger partial charge in [0.15, 0.2) is 0 Å². The van der Waals surface area contributed by atoms with Crippen LogP contribution in [0.2, 0.25) is 0 Å². The lowest BCUT2D eigenvalue weighted by Crippen LogP contribution is -2.08. The second-order valence-electron chi connectivity index (χ2n) is 3.09. The molecule has 2 nitrogen and oxygen atoms in total. The van der Waals surface area contributed by atoms with Gasteiger partial charge < -0.3 is 4.74 Å². The minimum absolute atomic E-state index is 0.0782. The summed E-state index contributed by atoms with van der Waals surface area (Å²) in [4.78, 5) is 10.4. The Kier molecular flexibility index (Phi) is 1.77. The number of rotatable bonds is 1. The van der Waals surface area contributed by atoms with Crippen LogP contribution >= 0.6 is 12.6 Å². The molecule has 2 aliphatic rings. The summed E-state index contributed by atoms with van der Waals surface area (Å²) < 4.78 is 5.47. The van der Waals surface area contributed by atoms with Crippen molar-refractivity contribution in [1.82, 2.24) is 0 Å². The lowest BCUT2D eigenvalue weighted by atomic mass is 10.1. The second-order valence-corrected chi connectivity index (χ2v) is 3.67. The standard InChI is InChI=1S/C8H10O2S/c9-4-5-1-6-3-8(11)10-7(6)2-5/h1,4,6-8,11H,2-3H2. The van der Waals surface area contributed by atoms with E-state index < -0.39 is 0 Å². The zero-order valence-electron chi connectivity index (χ0n) is 6.06. The van der Waals surface area contributed by atoms with Gasteiger partial charge in [-0.2, -0.15) is 0 Å². The van der Waals surface area contributed by atoms with E-state index in [-0.39, 0.29) is 11.5 Å². The summed E-state index contributed by atoms with van der Waals surface area (Å²) in [6.07, 6.45) is 4.91. The van der Waals surface area contributed by atoms with Gasteiger partial charge in [-0.25, -0.2) is 0 Å². The quantitative estimate of drug-likeness (QED) is 0.472. The Bertz CT molecular complexity index is 212. The van der Waals surface area contributed by atoms with Crippen molar-refractivity contribution in [3.8, 4) is 0 Å². The number of ether oxygens (including phenoxy) is 1. The highest BCUT2D eigenvalue weighted by Gasteiger charge is 2.36. The van der Waals surface area contributed by atoms with Gasteiger partial charge in [-0.05, 0) is 12.0 Å². The van der Waals surface area contributed by atoms with E-state index in [1.54, 1.807) is 0 Å². The average molecular weight is 170 g/mol. The summed E-state index contributed by atoms with van der Waals surface area (Å²) in [5.41, 5.74) is 0.967. The molecule has 0 aromatic heterocycles. The van der Waals surface area contributed by atoms with Crippen molar-refractivity contribution in [2.24, 2.45) is 5.92 Å². The molecule has 1 heterocycles. The average Bonchev–Trinajstić information content (AvgIpc) is 2.43. The molecule has 0 spiro atoms. The van der Waals surface area contributed by atoms with E-state index in [9.17, 15) is 4.79 Å². The molecule has 0 aromatic carbocycles. The number of aldehydes is 1. The first kappa shape index (κ1) is 7.37. The van der Waals surface area contributed by atoms with Crippen molar-refractivity contribution in [2.45, 2.75) is 24.4 Å². The number of hydrogen-bond acceptors (Lipinski definition) is 3. The SMILES string of the molecule is O=CC1=CC2CC(S)OC2C1. The highest BCUT2D eigenvalue weighted by molar-refractivity contribution is 7.80. The smallest absolute Gasteiger partial charge is 0.145 e. The Morgan fingerprint density at radius 3 is 3.18 bits per heavy atom. The van der Waals surface area contributed by atoms with Crippen LogP contribution in [0.3, 0.4) is 0 Å². The Balaban J connectivity index is 2.09. The van der Waals surface area contributed by atoms with Gasteiger partial charge in [0.05, 0.1) is 6.10 Å². The molecule has 3 atom stereocenters. The molecule has 1 saturated heterocycles. The predicted molar refractivity (Wildman–Crippen MR) is 44.5 cm³/mol. The fraction of sp³-hybridized carbons (Fsp3) is 0.625. The summed E-state index contributed by atoms with van der Waals surface area (Å²) in [6, 6.07) is 0. The van der Waals surface area contributed by atoms with Crippen molar-refractivity contribution in [2.75, 3.05) is 0 Å². The molecule has 0 radical (unpaired) electrons.